The molecule has 0 atom stereocenters. The fourth-order valence-corrected chi connectivity index (χ4v) is 0.824. The van der Waals surface area contributed by atoms with Crippen LogP contribution in [0.3, 0.4) is 0 Å². The van der Waals surface area contributed by atoms with Crippen molar-refractivity contribution in [1.82, 2.24) is 4.98 Å². The molecule has 0 aliphatic rings. The second-order valence-corrected chi connectivity index (χ2v) is 2.18. The second kappa shape index (κ2) is 2.87. The normalized spacial score (nSPS) is 10.0. The number of aromatic nitrogens is 1. The van der Waals surface area contributed by atoms with Crippen LogP contribution >= 0.6 is 11.6 Å². The molecule has 3 heteroatoms. The Kier molecular flexibility index (Phi) is 2.11. The van der Waals surface area contributed by atoms with E-state index in [0.717, 1.165) is 17.9 Å². The van der Waals surface area contributed by atoms with E-state index in [2.05, 4.69) is 4.98 Å². The van der Waals surface area contributed by atoms with Crippen LogP contribution in [0, 0.1) is 6.92 Å². The number of alkyl halides is 1. The van der Waals surface area contributed by atoms with Crippen LogP contribution in [0.4, 0.5) is 0 Å². The standard InChI is InChI=1S/C6H8ClNO/c1-5-6(2-3-7)9-4-8-5/h4H,2-3H2,1H3. The Balaban J connectivity index is 2.69. The smallest absolute Gasteiger partial charge is 0.181 e. The third-order valence-corrected chi connectivity index (χ3v) is 1.36. The zero-order valence-corrected chi connectivity index (χ0v) is 5.98. The van der Waals surface area contributed by atoms with Crippen molar-refractivity contribution in [2.75, 3.05) is 5.88 Å². The van der Waals surface area contributed by atoms with Crippen molar-refractivity contribution in [1.29, 1.82) is 0 Å². The Bertz CT molecular complexity index is 185. The Labute approximate surface area is 58.8 Å². The highest BCUT2D eigenvalue weighted by molar-refractivity contribution is 6.17. The molecule has 0 N–H and O–H groups in total. The molecule has 0 aliphatic carbocycles. The van der Waals surface area contributed by atoms with Gasteiger partial charge in [0, 0.05) is 12.3 Å². The molecule has 0 unspecified atom stereocenters. The maximum Gasteiger partial charge on any atom is 0.181 e. The first-order valence-electron chi connectivity index (χ1n) is 2.79. The molecule has 50 valence electrons. The first kappa shape index (κ1) is 6.62. The second-order valence-electron chi connectivity index (χ2n) is 1.80. The van der Waals surface area contributed by atoms with Gasteiger partial charge in [0.2, 0.25) is 0 Å². The van der Waals surface area contributed by atoms with Crippen LogP contribution in [0.15, 0.2) is 10.8 Å². The van der Waals surface area contributed by atoms with Crippen LogP contribution in [0.2, 0.25) is 0 Å². The average molecular weight is 146 g/mol. The van der Waals surface area contributed by atoms with Crippen LogP contribution in [-0.4, -0.2) is 10.9 Å². The summed E-state index contributed by atoms with van der Waals surface area (Å²) in [5.41, 5.74) is 0.940. The number of oxazole rings is 1. The van der Waals surface area contributed by atoms with Gasteiger partial charge in [-0.1, -0.05) is 0 Å². The first-order chi connectivity index (χ1) is 4.34. The maximum absolute atomic E-state index is 5.48. The molecule has 9 heavy (non-hydrogen) atoms. The minimum atomic E-state index is 0.593. The highest BCUT2D eigenvalue weighted by atomic mass is 35.5. The van der Waals surface area contributed by atoms with Crippen LogP contribution in [0.1, 0.15) is 11.5 Å². The molecule has 0 radical (unpaired) electrons. The molecule has 0 bridgehead atoms. The lowest BCUT2D eigenvalue weighted by Gasteiger charge is -1.88. The van der Waals surface area contributed by atoms with E-state index in [1.807, 2.05) is 6.92 Å². The lowest BCUT2D eigenvalue weighted by molar-refractivity contribution is 0.509. The van der Waals surface area contributed by atoms with Gasteiger partial charge in [0.15, 0.2) is 6.39 Å². The van der Waals surface area contributed by atoms with Crippen LogP contribution < -0.4 is 0 Å². The summed E-state index contributed by atoms with van der Waals surface area (Å²) in [6.07, 6.45) is 2.21. The summed E-state index contributed by atoms with van der Waals surface area (Å²) in [6.45, 7) is 1.91. The summed E-state index contributed by atoms with van der Waals surface area (Å²) < 4.78 is 5.01. The third-order valence-electron chi connectivity index (χ3n) is 1.17. The lowest BCUT2D eigenvalue weighted by Crippen LogP contribution is -1.85. The van der Waals surface area contributed by atoms with E-state index in [0.29, 0.717) is 5.88 Å². The zero-order chi connectivity index (χ0) is 6.69. The van der Waals surface area contributed by atoms with Crippen molar-refractivity contribution < 1.29 is 4.42 Å². The molecule has 1 aromatic heterocycles. The van der Waals surface area contributed by atoms with Gasteiger partial charge in [-0.25, -0.2) is 4.98 Å². The van der Waals surface area contributed by atoms with Gasteiger partial charge in [0.25, 0.3) is 0 Å². The Morgan fingerprint density at radius 1 is 1.78 bits per heavy atom. The van der Waals surface area contributed by atoms with Crippen molar-refractivity contribution in [3.8, 4) is 0 Å². The van der Waals surface area contributed by atoms with Gasteiger partial charge in [-0.2, -0.15) is 0 Å². The summed E-state index contributed by atoms with van der Waals surface area (Å²) in [5.74, 6) is 1.49. The van der Waals surface area contributed by atoms with Crippen molar-refractivity contribution in [3.63, 3.8) is 0 Å². The fourth-order valence-electron chi connectivity index (χ4n) is 0.652. The summed E-state index contributed by atoms with van der Waals surface area (Å²) in [6, 6.07) is 0. The molecule has 0 saturated carbocycles. The predicted molar refractivity (Wildman–Crippen MR) is 35.7 cm³/mol. The number of rotatable bonds is 2. The molecule has 0 aromatic carbocycles. The van der Waals surface area contributed by atoms with E-state index in [4.69, 9.17) is 16.0 Å². The van der Waals surface area contributed by atoms with E-state index in [9.17, 15) is 0 Å². The van der Waals surface area contributed by atoms with E-state index < -0.39 is 0 Å². The van der Waals surface area contributed by atoms with Gasteiger partial charge >= 0.3 is 0 Å². The number of hydrogen-bond donors (Lipinski definition) is 0. The minimum absolute atomic E-state index is 0.593. The third kappa shape index (κ3) is 1.45. The van der Waals surface area contributed by atoms with E-state index >= 15 is 0 Å². The molecular weight excluding hydrogens is 138 g/mol. The van der Waals surface area contributed by atoms with Crippen LogP contribution in [0.25, 0.3) is 0 Å². The van der Waals surface area contributed by atoms with Crippen LogP contribution in [0.5, 0.6) is 0 Å². The molecule has 0 aliphatic heterocycles. The number of aryl methyl sites for hydroxylation is 2. The highest BCUT2D eigenvalue weighted by Gasteiger charge is 1.99. The van der Waals surface area contributed by atoms with E-state index in [-0.39, 0.29) is 0 Å². The van der Waals surface area contributed by atoms with Gasteiger partial charge < -0.3 is 4.42 Å². The number of hydrogen-bond acceptors (Lipinski definition) is 2. The summed E-state index contributed by atoms with van der Waals surface area (Å²) in [5, 5.41) is 0. The van der Waals surface area contributed by atoms with Gasteiger partial charge in [-0.3, -0.25) is 0 Å². The van der Waals surface area contributed by atoms with Crippen molar-refractivity contribution in [3.05, 3.63) is 17.8 Å². The summed E-state index contributed by atoms with van der Waals surface area (Å²) >= 11 is 5.48. The molecule has 0 fully saturated rings. The van der Waals surface area contributed by atoms with Crippen molar-refractivity contribution in [2.24, 2.45) is 0 Å². The SMILES string of the molecule is Cc1ncoc1CCCl. The van der Waals surface area contributed by atoms with Gasteiger partial charge in [-0.05, 0) is 6.92 Å². The quantitative estimate of drug-likeness (QED) is 0.593. The van der Waals surface area contributed by atoms with Crippen molar-refractivity contribution >= 4 is 11.6 Å². The largest absolute Gasteiger partial charge is 0.448 e. The van der Waals surface area contributed by atoms with Gasteiger partial charge in [0.05, 0.1) is 5.69 Å². The fraction of sp³-hybridized carbons (Fsp3) is 0.500. The minimum Gasteiger partial charge on any atom is -0.448 e. The maximum atomic E-state index is 5.48. The Morgan fingerprint density at radius 2 is 2.56 bits per heavy atom. The van der Waals surface area contributed by atoms with Crippen LogP contribution in [-0.2, 0) is 6.42 Å². The molecule has 0 saturated heterocycles. The van der Waals surface area contributed by atoms with Crippen molar-refractivity contribution in [2.45, 2.75) is 13.3 Å². The monoisotopic (exact) mass is 145 g/mol. The molecule has 1 heterocycles. The predicted octanol–water partition coefficient (Wildman–Crippen LogP) is 1.76. The summed E-state index contributed by atoms with van der Waals surface area (Å²) in [4.78, 5) is 3.91. The van der Waals surface area contributed by atoms with Gasteiger partial charge in [0.1, 0.15) is 5.76 Å². The highest BCUT2D eigenvalue weighted by Crippen LogP contribution is 2.05. The summed E-state index contributed by atoms with van der Waals surface area (Å²) in [7, 11) is 0. The molecule has 1 rings (SSSR count). The number of halogens is 1. The molecule has 0 spiro atoms. The number of nitrogens with zero attached hydrogens (tertiary/aromatic N) is 1. The Morgan fingerprint density at radius 3 is 3.00 bits per heavy atom. The molecular formula is C6H8ClNO. The zero-order valence-electron chi connectivity index (χ0n) is 5.22. The molecule has 0 amide bonds. The topological polar surface area (TPSA) is 26.0 Å². The first-order valence-corrected chi connectivity index (χ1v) is 3.33. The van der Waals surface area contributed by atoms with Gasteiger partial charge in [-0.15, -0.1) is 11.6 Å². The average Bonchev–Trinajstić information content (AvgIpc) is 2.18. The molecule has 2 nitrogen and oxygen atoms in total. The molecule has 1 aromatic rings. The van der Waals surface area contributed by atoms with E-state index in [1.165, 1.54) is 6.39 Å². The lowest BCUT2D eigenvalue weighted by atomic mass is 10.3. The van der Waals surface area contributed by atoms with E-state index in [1.54, 1.807) is 0 Å². The Hall–Kier alpha value is -0.500.